The molecule has 6 nitrogen and oxygen atoms in total. The highest BCUT2D eigenvalue weighted by Crippen LogP contribution is 2.53. The van der Waals surface area contributed by atoms with Gasteiger partial charge in [0.2, 0.25) is 12.3 Å². The maximum Gasteiger partial charge on any atom is 0.315 e. The lowest BCUT2D eigenvalue weighted by atomic mass is 9.93. The van der Waals surface area contributed by atoms with Gasteiger partial charge in [-0.15, -0.1) is 5.10 Å². The molecule has 1 aromatic carbocycles. The van der Waals surface area contributed by atoms with Crippen molar-refractivity contribution < 1.29 is 13.6 Å². The van der Waals surface area contributed by atoms with E-state index in [1.54, 1.807) is 18.2 Å². The van der Waals surface area contributed by atoms with Crippen LogP contribution in [0.5, 0.6) is 0 Å². The molecule has 1 N–H and O–H groups in total. The minimum absolute atomic E-state index is 0.115. The topological polar surface area (TPSA) is 71.3 Å². The van der Waals surface area contributed by atoms with Crippen LogP contribution in [-0.2, 0) is 4.79 Å². The van der Waals surface area contributed by atoms with Gasteiger partial charge in [-0.25, -0.2) is 4.39 Å². The summed E-state index contributed by atoms with van der Waals surface area (Å²) in [6.07, 6.45) is 10.8. The summed E-state index contributed by atoms with van der Waals surface area (Å²) in [7, 11) is 0. The monoisotopic (exact) mass is 388 g/mol. The van der Waals surface area contributed by atoms with Gasteiger partial charge in [0.05, 0.1) is 0 Å². The zero-order valence-electron chi connectivity index (χ0n) is 16.4. The van der Waals surface area contributed by atoms with E-state index in [1.165, 1.54) is 50.6 Å². The van der Waals surface area contributed by atoms with Crippen LogP contribution >= 0.6 is 0 Å². The van der Waals surface area contributed by atoms with Crippen LogP contribution in [0.2, 0.25) is 0 Å². The summed E-state index contributed by atoms with van der Waals surface area (Å²) in [6, 6.07) is 7.92. The SMILES string of the molecule is C1CC1.CC(Nc1nnco1)C(=O)N1CCC2(CC1)CC2.Fc1ccccc1. The third-order valence-corrected chi connectivity index (χ3v) is 5.25. The molecule has 3 aliphatic rings. The van der Waals surface area contributed by atoms with E-state index < -0.39 is 0 Å². The van der Waals surface area contributed by atoms with Crippen LogP contribution < -0.4 is 5.32 Å². The molecule has 1 spiro atoms. The zero-order chi connectivity index (χ0) is 19.8. The van der Waals surface area contributed by atoms with Gasteiger partial charge in [0.25, 0.3) is 0 Å². The summed E-state index contributed by atoms with van der Waals surface area (Å²) in [5.41, 5.74) is 0.597. The maximum absolute atomic E-state index is 12.2. The number of aromatic nitrogens is 2. The molecule has 1 atom stereocenters. The van der Waals surface area contributed by atoms with Crippen molar-refractivity contribution in [1.29, 1.82) is 0 Å². The van der Waals surface area contributed by atoms with Gasteiger partial charge < -0.3 is 14.6 Å². The van der Waals surface area contributed by atoms with Crippen LogP contribution in [0.3, 0.4) is 0 Å². The smallest absolute Gasteiger partial charge is 0.315 e. The Hall–Kier alpha value is -2.44. The average molecular weight is 388 g/mol. The van der Waals surface area contributed by atoms with Gasteiger partial charge >= 0.3 is 6.01 Å². The van der Waals surface area contributed by atoms with E-state index in [2.05, 4.69) is 15.5 Å². The second-order valence-corrected chi connectivity index (χ2v) is 7.79. The zero-order valence-corrected chi connectivity index (χ0v) is 16.4. The number of benzene rings is 1. The highest BCUT2D eigenvalue weighted by Gasteiger charge is 2.45. The standard InChI is InChI=1S/C12H18N4O2.C6H5F.C3H6/c1-9(14-11-15-13-8-18-11)10(17)16-6-4-12(2-3-12)5-7-16;7-6-4-2-1-3-5-6;1-2-3-1/h8-9H,2-7H2,1H3,(H,14,15);1-5H;1-3H2. The van der Waals surface area contributed by atoms with Crippen LogP contribution in [0, 0.1) is 11.2 Å². The Labute approximate surface area is 165 Å². The lowest BCUT2D eigenvalue weighted by Gasteiger charge is -2.33. The van der Waals surface area contributed by atoms with Crippen molar-refractivity contribution in [3.63, 3.8) is 0 Å². The van der Waals surface area contributed by atoms with E-state index in [9.17, 15) is 9.18 Å². The number of rotatable bonds is 3. The van der Waals surface area contributed by atoms with E-state index in [0.29, 0.717) is 11.4 Å². The van der Waals surface area contributed by atoms with E-state index >= 15 is 0 Å². The Morgan fingerprint density at radius 1 is 1.14 bits per heavy atom. The van der Waals surface area contributed by atoms with Crippen molar-refractivity contribution in [1.82, 2.24) is 15.1 Å². The third-order valence-electron chi connectivity index (χ3n) is 5.25. The summed E-state index contributed by atoms with van der Waals surface area (Å²) in [5, 5.41) is 10.2. The number of likely N-dealkylation sites (tertiary alicyclic amines) is 1. The summed E-state index contributed by atoms with van der Waals surface area (Å²) >= 11 is 0. The highest BCUT2D eigenvalue weighted by molar-refractivity contribution is 5.83. The molecule has 2 aliphatic carbocycles. The minimum atomic E-state index is -0.321. The molecule has 1 aromatic heterocycles. The Balaban J connectivity index is 0.000000184. The molecule has 2 aromatic rings. The van der Waals surface area contributed by atoms with Crippen molar-refractivity contribution in [3.8, 4) is 0 Å². The Kier molecular flexibility index (Phi) is 7.01. The quantitative estimate of drug-likeness (QED) is 0.850. The first-order valence-corrected chi connectivity index (χ1v) is 10.1. The molecule has 3 fully saturated rings. The third kappa shape index (κ3) is 6.62. The second kappa shape index (κ2) is 9.66. The van der Waals surface area contributed by atoms with Crippen molar-refractivity contribution in [2.75, 3.05) is 18.4 Å². The Bertz CT molecular complexity index is 705. The van der Waals surface area contributed by atoms with Crippen LogP contribution in [0.4, 0.5) is 10.4 Å². The van der Waals surface area contributed by atoms with Gasteiger partial charge in [-0.1, -0.05) is 42.6 Å². The van der Waals surface area contributed by atoms with Gasteiger partial charge in [0.15, 0.2) is 0 Å². The molecular weight excluding hydrogens is 359 g/mol. The molecule has 152 valence electrons. The predicted octanol–water partition coefficient (Wildman–Crippen LogP) is 4.27. The summed E-state index contributed by atoms with van der Waals surface area (Å²) < 4.78 is 16.9. The van der Waals surface area contributed by atoms with E-state index in [4.69, 9.17) is 4.42 Å². The summed E-state index contributed by atoms with van der Waals surface area (Å²) in [5.74, 6) is -0.0637. The van der Waals surface area contributed by atoms with Gasteiger partial charge in [-0.2, -0.15) is 0 Å². The number of nitrogens with one attached hydrogen (secondary N) is 1. The Morgan fingerprint density at radius 2 is 1.79 bits per heavy atom. The van der Waals surface area contributed by atoms with Gasteiger partial charge in [0, 0.05) is 13.1 Å². The van der Waals surface area contributed by atoms with Crippen molar-refractivity contribution in [2.45, 2.75) is 57.9 Å². The number of hydrogen-bond acceptors (Lipinski definition) is 5. The number of anilines is 1. The van der Waals surface area contributed by atoms with Crippen LogP contribution in [0.15, 0.2) is 41.1 Å². The first-order valence-electron chi connectivity index (χ1n) is 10.1. The maximum atomic E-state index is 12.2. The molecule has 2 heterocycles. The molecule has 5 rings (SSSR count). The number of nitrogens with zero attached hydrogens (tertiary/aromatic N) is 3. The predicted molar refractivity (Wildman–Crippen MR) is 105 cm³/mol. The Morgan fingerprint density at radius 3 is 2.21 bits per heavy atom. The number of hydrogen-bond donors (Lipinski definition) is 1. The molecule has 1 unspecified atom stereocenters. The molecule has 0 radical (unpaired) electrons. The summed E-state index contributed by atoms with van der Waals surface area (Å²) in [4.78, 5) is 14.2. The lowest BCUT2D eigenvalue weighted by molar-refractivity contribution is -0.133. The molecule has 1 saturated heterocycles. The molecule has 1 amide bonds. The first kappa shape index (κ1) is 20.3. The first-order chi connectivity index (χ1) is 13.6. The number of piperidine rings is 1. The van der Waals surface area contributed by atoms with Crippen LogP contribution in [0.25, 0.3) is 0 Å². The van der Waals surface area contributed by atoms with Crippen LogP contribution in [-0.4, -0.2) is 40.1 Å². The summed E-state index contributed by atoms with van der Waals surface area (Å²) in [6.45, 7) is 3.59. The fourth-order valence-electron chi connectivity index (χ4n) is 3.05. The molecule has 1 aliphatic heterocycles. The van der Waals surface area contributed by atoms with Crippen molar-refractivity contribution in [2.24, 2.45) is 5.41 Å². The molecule has 28 heavy (non-hydrogen) atoms. The van der Waals surface area contributed by atoms with E-state index in [0.717, 1.165) is 25.9 Å². The molecule has 7 heteroatoms. The van der Waals surface area contributed by atoms with Crippen molar-refractivity contribution >= 4 is 11.9 Å². The van der Waals surface area contributed by atoms with Crippen LogP contribution in [0.1, 0.15) is 51.9 Å². The highest BCUT2D eigenvalue weighted by atomic mass is 19.1. The number of carbonyl (C=O) groups is 1. The number of amides is 1. The van der Waals surface area contributed by atoms with E-state index in [-0.39, 0.29) is 17.8 Å². The normalized spacial score (nSPS) is 19.4. The number of halogens is 1. The average Bonchev–Trinajstić information content (AvgIpc) is 3.66. The van der Waals surface area contributed by atoms with Crippen molar-refractivity contribution in [3.05, 3.63) is 42.5 Å². The van der Waals surface area contributed by atoms with Gasteiger partial charge in [0.1, 0.15) is 11.9 Å². The lowest BCUT2D eigenvalue weighted by Crippen LogP contribution is -2.45. The van der Waals surface area contributed by atoms with E-state index in [1.807, 2.05) is 11.8 Å². The number of carbonyl (C=O) groups excluding carboxylic acids is 1. The van der Waals surface area contributed by atoms with Gasteiger partial charge in [-0.3, -0.25) is 4.79 Å². The molecule has 2 saturated carbocycles. The molecule has 0 bridgehead atoms. The van der Waals surface area contributed by atoms with Gasteiger partial charge in [-0.05, 0) is 50.2 Å². The minimum Gasteiger partial charge on any atom is -0.411 e. The largest absolute Gasteiger partial charge is 0.411 e. The molecular formula is C21H29FN4O2. The fourth-order valence-corrected chi connectivity index (χ4v) is 3.05. The fraction of sp³-hybridized carbons (Fsp3) is 0.571. The second-order valence-electron chi connectivity index (χ2n) is 7.79.